The average molecular weight is 292 g/mol. The van der Waals surface area contributed by atoms with Crippen LogP contribution in [0.1, 0.15) is 5.56 Å². The second-order valence-electron chi connectivity index (χ2n) is 4.34. The zero-order valence-electron chi connectivity index (χ0n) is 11.0. The van der Waals surface area contributed by atoms with E-state index in [-0.39, 0.29) is 10.6 Å². The fourth-order valence-electron chi connectivity index (χ4n) is 1.78. The average Bonchev–Trinajstić information content (AvgIpc) is 2.46. The minimum absolute atomic E-state index is 0.0167. The molecule has 2 aromatic rings. The quantitative estimate of drug-likeness (QED) is 0.898. The number of benzene rings is 2. The molecule has 0 heterocycles. The maximum Gasteiger partial charge on any atom is 0.264 e. The molecule has 0 radical (unpaired) electrons. The van der Waals surface area contributed by atoms with Crippen molar-refractivity contribution in [2.24, 2.45) is 5.73 Å². The lowest BCUT2D eigenvalue weighted by Crippen LogP contribution is -2.26. The first kappa shape index (κ1) is 14.4. The Morgan fingerprint density at radius 3 is 2.35 bits per heavy atom. The number of phenolic OH excluding ortho intramolecular Hbond substituents is 1. The molecule has 20 heavy (non-hydrogen) atoms. The number of sulfonamides is 1. The van der Waals surface area contributed by atoms with Crippen LogP contribution in [0.4, 0.5) is 5.69 Å². The first-order chi connectivity index (χ1) is 9.45. The summed E-state index contributed by atoms with van der Waals surface area (Å²) in [4.78, 5) is 0.181. The van der Waals surface area contributed by atoms with Gasteiger partial charge in [0.2, 0.25) is 0 Å². The van der Waals surface area contributed by atoms with E-state index in [4.69, 9.17) is 5.73 Å². The van der Waals surface area contributed by atoms with Crippen molar-refractivity contribution in [2.75, 3.05) is 11.4 Å². The van der Waals surface area contributed by atoms with E-state index in [1.54, 1.807) is 24.3 Å². The first-order valence-electron chi connectivity index (χ1n) is 6.02. The Balaban J connectivity index is 2.38. The van der Waals surface area contributed by atoms with Crippen molar-refractivity contribution in [1.82, 2.24) is 0 Å². The Labute approximate surface area is 118 Å². The van der Waals surface area contributed by atoms with Crippen LogP contribution in [0.25, 0.3) is 0 Å². The van der Waals surface area contributed by atoms with Crippen LogP contribution >= 0.6 is 0 Å². The summed E-state index contributed by atoms with van der Waals surface area (Å²) in [6.07, 6.45) is 0. The SMILES string of the molecule is CN(c1cccc(O)c1)S(=O)(=O)c1ccc(CN)cc1. The van der Waals surface area contributed by atoms with Gasteiger partial charge < -0.3 is 10.8 Å². The van der Waals surface area contributed by atoms with Gasteiger partial charge in [-0.05, 0) is 29.8 Å². The number of nitrogens with zero attached hydrogens (tertiary/aromatic N) is 1. The van der Waals surface area contributed by atoms with Crippen molar-refractivity contribution in [3.63, 3.8) is 0 Å². The van der Waals surface area contributed by atoms with Gasteiger partial charge in [-0.2, -0.15) is 0 Å². The van der Waals surface area contributed by atoms with Crippen molar-refractivity contribution in [3.05, 3.63) is 54.1 Å². The van der Waals surface area contributed by atoms with Crippen molar-refractivity contribution in [1.29, 1.82) is 0 Å². The molecule has 2 aromatic carbocycles. The maximum atomic E-state index is 12.5. The van der Waals surface area contributed by atoms with Crippen LogP contribution in [-0.2, 0) is 16.6 Å². The Morgan fingerprint density at radius 1 is 1.15 bits per heavy atom. The molecule has 0 aromatic heterocycles. The Bertz CT molecular complexity index is 697. The van der Waals surface area contributed by atoms with Gasteiger partial charge in [-0.3, -0.25) is 4.31 Å². The number of anilines is 1. The number of aromatic hydroxyl groups is 1. The van der Waals surface area contributed by atoms with Crippen LogP contribution < -0.4 is 10.0 Å². The van der Waals surface area contributed by atoms with Gasteiger partial charge in [-0.25, -0.2) is 8.42 Å². The lowest BCUT2D eigenvalue weighted by Gasteiger charge is -2.19. The van der Waals surface area contributed by atoms with E-state index in [1.807, 2.05) is 0 Å². The molecule has 6 heteroatoms. The van der Waals surface area contributed by atoms with Gasteiger partial charge in [0, 0.05) is 19.7 Å². The molecule has 2 rings (SSSR count). The number of phenols is 1. The standard InChI is InChI=1S/C14H16N2O3S/c1-16(12-3-2-4-13(17)9-12)20(18,19)14-7-5-11(10-15)6-8-14/h2-9,17H,10,15H2,1H3. The van der Waals surface area contributed by atoms with Crippen molar-refractivity contribution >= 4 is 15.7 Å². The Morgan fingerprint density at radius 2 is 1.80 bits per heavy atom. The van der Waals surface area contributed by atoms with Crippen LogP contribution in [0.2, 0.25) is 0 Å². The van der Waals surface area contributed by atoms with Crippen molar-refractivity contribution in [3.8, 4) is 5.75 Å². The molecule has 0 atom stereocenters. The van der Waals surface area contributed by atoms with E-state index >= 15 is 0 Å². The van der Waals surface area contributed by atoms with Gasteiger partial charge in [0.15, 0.2) is 0 Å². The monoisotopic (exact) mass is 292 g/mol. The maximum absolute atomic E-state index is 12.5. The fourth-order valence-corrected chi connectivity index (χ4v) is 2.97. The summed E-state index contributed by atoms with van der Waals surface area (Å²) >= 11 is 0. The molecule has 0 spiro atoms. The van der Waals surface area contributed by atoms with Crippen LogP contribution in [0, 0.1) is 0 Å². The fraction of sp³-hybridized carbons (Fsp3) is 0.143. The third-order valence-corrected chi connectivity index (χ3v) is 4.81. The molecule has 0 aliphatic rings. The molecule has 106 valence electrons. The smallest absolute Gasteiger partial charge is 0.264 e. The van der Waals surface area contributed by atoms with E-state index < -0.39 is 10.0 Å². The predicted octanol–water partition coefficient (Wildman–Crippen LogP) is 1.68. The molecule has 0 saturated heterocycles. The Hall–Kier alpha value is -2.05. The van der Waals surface area contributed by atoms with Crippen LogP contribution in [0.3, 0.4) is 0 Å². The predicted molar refractivity (Wildman–Crippen MR) is 78.0 cm³/mol. The number of rotatable bonds is 4. The van der Waals surface area contributed by atoms with Gasteiger partial charge in [0.1, 0.15) is 5.75 Å². The summed E-state index contributed by atoms with van der Waals surface area (Å²) in [6, 6.07) is 12.5. The molecule has 5 nitrogen and oxygen atoms in total. The largest absolute Gasteiger partial charge is 0.508 e. The highest BCUT2D eigenvalue weighted by Crippen LogP contribution is 2.25. The second kappa shape index (κ2) is 5.52. The number of hydrogen-bond donors (Lipinski definition) is 2. The molecular formula is C14H16N2O3S. The number of nitrogens with two attached hydrogens (primary N) is 1. The lowest BCUT2D eigenvalue weighted by molar-refractivity contribution is 0.475. The van der Waals surface area contributed by atoms with E-state index in [9.17, 15) is 13.5 Å². The summed E-state index contributed by atoms with van der Waals surface area (Å²) < 4.78 is 26.0. The van der Waals surface area contributed by atoms with E-state index in [0.717, 1.165) is 9.87 Å². The summed E-state index contributed by atoms with van der Waals surface area (Å²) in [6.45, 7) is 0.364. The molecule has 0 saturated carbocycles. The van der Waals surface area contributed by atoms with Gasteiger partial charge in [0.25, 0.3) is 10.0 Å². The molecule has 0 aliphatic heterocycles. The number of hydrogen-bond acceptors (Lipinski definition) is 4. The van der Waals surface area contributed by atoms with Crippen molar-refractivity contribution in [2.45, 2.75) is 11.4 Å². The summed E-state index contributed by atoms with van der Waals surface area (Å²) in [7, 11) is -2.21. The minimum Gasteiger partial charge on any atom is -0.508 e. The highest BCUT2D eigenvalue weighted by Gasteiger charge is 2.21. The third kappa shape index (κ3) is 2.76. The summed E-state index contributed by atoms with van der Waals surface area (Å²) in [5.74, 6) is 0.0167. The summed E-state index contributed by atoms with van der Waals surface area (Å²) in [5.41, 5.74) is 6.75. The molecule has 3 N–H and O–H groups in total. The summed E-state index contributed by atoms with van der Waals surface area (Å²) in [5, 5.41) is 9.43. The van der Waals surface area contributed by atoms with Gasteiger partial charge in [-0.1, -0.05) is 18.2 Å². The molecule has 0 unspecified atom stereocenters. The lowest BCUT2D eigenvalue weighted by atomic mass is 10.2. The van der Waals surface area contributed by atoms with Crippen LogP contribution in [-0.4, -0.2) is 20.6 Å². The molecule has 0 amide bonds. The van der Waals surface area contributed by atoms with Crippen LogP contribution in [0.5, 0.6) is 5.75 Å². The van der Waals surface area contributed by atoms with E-state index in [0.29, 0.717) is 12.2 Å². The van der Waals surface area contributed by atoms with E-state index in [1.165, 1.54) is 31.3 Å². The Kier molecular flexibility index (Phi) is 3.96. The van der Waals surface area contributed by atoms with Gasteiger partial charge in [0.05, 0.1) is 10.6 Å². The first-order valence-corrected chi connectivity index (χ1v) is 7.46. The van der Waals surface area contributed by atoms with Gasteiger partial charge >= 0.3 is 0 Å². The highest BCUT2D eigenvalue weighted by atomic mass is 32.2. The van der Waals surface area contributed by atoms with Crippen molar-refractivity contribution < 1.29 is 13.5 Å². The molecular weight excluding hydrogens is 276 g/mol. The van der Waals surface area contributed by atoms with Gasteiger partial charge in [-0.15, -0.1) is 0 Å². The molecule has 0 aliphatic carbocycles. The zero-order chi connectivity index (χ0) is 14.8. The van der Waals surface area contributed by atoms with Crippen LogP contribution in [0.15, 0.2) is 53.4 Å². The topological polar surface area (TPSA) is 83.6 Å². The van der Waals surface area contributed by atoms with E-state index in [2.05, 4.69) is 0 Å². The molecule has 0 bridgehead atoms. The molecule has 0 fully saturated rings. The minimum atomic E-state index is -3.65. The third-order valence-electron chi connectivity index (χ3n) is 3.01. The highest BCUT2D eigenvalue weighted by molar-refractivity contribution is 7.92. The zero-order valence-corrected chi connectivity index (χ0v) is 11.8. The normalized spacial score (nSPS) is 11.3. The second-order valence-corrected chi connectivity index (χ2v) is 6.31.